The van der Waals surface area contributed by atoms with Crippen LogP contribution < -0.4 is 0 Å². The van der Waals surface area contributed by atoms with Gasteiger partial charge in [0.2, 0.25) is 0 Å². The van der Waals surface area contributed by atoms with Crippen molar-refractivity contribution in [3.05, 3.63) is 18.2 Å². The topological polar surface area (TPSA) is 28.7 Å². The zero-order valence-corrected chi connectivity index (χ0v) is 11.4. The Morgan fingerprint density at radius 2 is 2.00 bits per heavy atom. The molecule has 1 heterocycles. The molecule has 2 nitrogen and oxygen atoms in total. The molecular formula is C12H19BrN2. The Labute approximate surface area is 100 Å². The fraction of sp³-hybridized carbons (Fsp3) is 0.750. The second-order valence-corrected chi connectivity index (χ2v) is 6.85. The van der Waals surface area contributed by atoms with E-state index in [1.807, 2.05) is 12.4 Å². The second-order valence-electron chi connectivity index (χ2n) is 5.68. The van der Waals surface area contributed by atoms with Gasteiger partial charge in [0.1, 0.15) is 5.82 Å². The van der Waals surface area contributed by atoms with Crippen LogP contribution in [0.3, 0.4) is 0 Å². The Morgan fingerprint density at radius 1 is 1.40 bits per heavy atom. The summed E-state index contributed by atoms with van der Waals surface area (Å²) < 4.78 is 0. The van der Waals surface area contributed by atoms with Gasteiger partial charge in [-0.2, -0.15) is 0 Å². The average Bonchev–Trinajstić information content (AvgIpc) is 2.53. The molecule has 0 amide bonds. The van der Waals surface area contributed by atoms with Crippen LogP contribution in [0.5, 0.6) is 0 Å². The Kier molecular flexibility index (Phi) is 2.49. The van der Waals surface area contributed by atoms with Crippen LogP contribution in [0.4, 0.5) is 0 Å². The van der Waals surface area contributed by atoms with E-state index in [9.17, 15) is 0 Å². The lowest BCUT2D eigenvalue weighted by Gasteiger charge is -2.09. The van der Waals surface area contributed by atoms with E-state index in [0.29, 0.717) is 15.7 Å². The monoisotopic (exact) mass is 270 g/mol. The highest BCUT2D eigenvalue weighted by Crippen LogP contribution is 2.70. The summed E-state index contributed by atoms with van der Waals surface area (Å²) in [5, 5.41) is 0. The minimum absolute atomic E-state index is 0.438. The summed E-state index contributed by atoms with van der Waals surface area (Å²) in [6, 6.07) is 0. The number of aromatic amines is 1. The van der Waals surface area contributed by atoms with Gasteiger partial charge in [-0.15, -0.1) is 0 Å². The molecule has 0 aliphatic heterocycles. The molecule has 1 atom stereocenters. The highest BCUT2D eigenvalue weighted by Gasteiger charge is 2.66. The van der Waals surface area contributed by atoms with Crippen LogP contribution in [0.15, 0.2) is 12.4 Å². The first kappa shape index (κ1) is 11.2. The van der Waals surface area contributed by atoms with E-state index in [-0.39, 0.29) is 0 Å². The SMILES string of the molecule is CC1(C)C(C(Br)Cc2ncc[nH]2)C1(C)C. The molecule has 1 aromatic heterocycles. The molecule has 0 saturated heterocycles. The number of halogens is 1. The van der Waals surface area contributed by atoms with Crippen LogP contribution in [0, 0.1) is 16.7 Å². The smallest absolute Gasteiger partial charge is 0.107 e. The van der Waals surface area contributed by atoms with Gasteiger partial charge in [0, 0.05) is 23.6 Å². The summed E-state index contributed by atoms with van der Waals surface area (Å²) >= 11 is 3.82. The number of nitrogens with zero attached hydrogens (tertiary/aromatic N) is 1. The predicted octanol–water partition coefficient (Wildman–Crippen LogP) is 3.40. The van der Waals surface area contributed by atoms with E-state index in [1.54, 1.807) is 0 Å². The van der Waals surface area contributed by atoms with Gasteiger partial charge in [-0.3, -0.25) is 0 Å². The van der Waals surface area contributed by atoms with Gasteiger partial charge < -0.3 is 4.98 Å². The minimum Gasteiger partial charge on any atom is -0.349 e. The van der Waals surface area contributed by atoms with Gasteiger partial charge >= 0.3 is 0 Å². The highest BCUT2D eigenvalue weighted by molar-refractivity contribution is 9.09. The molecule has 0 spiro atoms. The highest BCUT2D eigenvalue weighted by atomic mass is 79.9. The fourth-order valence-corrected chi connectivity index (χ4v) is 4.49. The number of hydrogen-bond donors (Lipinski definition) is 1. The summed E-state index contributed by atoms with van der Waals surface area (Å²) in [7, 11) is 0. The van der Waals surface area contributed by atoms with E-state index in [1.165, 1.54) is 0 Å². The molecule has 0 aromatic carbocycles. The molecule has 15 heavy (non-hydrogen) atoms. The van der Waals surface area contributed by atoms with Crippen LogP contribution in [0.25, 0.3) is 0 Å². The molecular weight excluding hydrogens is 252 g/mol. The largest absolute Gasteiger partial charge is 0.349 e. The fourth-order valence-electron chi connectivity index (χ4n) is 2.86. The van der Waals surface area contributed by atoms with Crippen LogP contribution in [0.1, 0.15) is 33.5 Å². The third kappa shape index (κ3) is 1.65. The molecule has 1 aromatic rings. The number of hydrogen-bond acceptors (Lipinski definition) is 1. The van der Waals surface area contributed by atoms with E-state index in [0.717, 1.165) is 18.2 Å². The number of aromatic nitrogens is 2. The van der Waals surface area contributed by atoms with Crippen molar-refractivity contribution in [2.24, 2.45) is 16.7 Å². The molecule has 1 aliphatic rings. The number of H-pyrrole nitrogens is 1. The van der Waals surface area contributed by atoms with Gasteiger partial charge in [0.25, 0.3) is 0 Å². The van der Waals surface area contributed by atoms with Gasteiger partial charge in [-0.05, 0) is 16.7 Å². The van der Waals surface area contributed by atoms with Crippen molar-refractivity contribution >= 4 is 15.9 Å². The first-order valence-electron chi connectivity index (χ1n) is 5.49. The van der Waals surface area contributed by atoms with E-state index in [4.69, 9.17) is 0 Å². The molecule has 1 saturated carbocycles. The van der Waals surface area contributed by atoms with E-state index in [2.05, 4.69) is 53.6 Å². The number of rotatable bonds is 3. The van der Waals surface area contributed by atoms with Crippen LogP contribution >= 0.6 is 15.9 Å². The first-order chi connectivity index (χ1) is 6.87. The maximum absolute atomic E-state index is 4.28. The molecule has 1 unspecified atom stereocenters. The average molecular weight is 271 g/mol. The predicted molar refractivity (Wildman–Crippen MR) is 66.1 cm³/mol. The third-order valence-electron chi connectivity index (χ3n) is 4.44. The molecule has 0 bridgehead atoms. The third-order valence-corrected chi connectivity index (χ3v) is 5.29. The normalized spacial score (nSPS) is 25.1. The maximum atomic E-state index is 4.28. The van der Waals surface area contributed by atoms with E-state index >= 15 is 0 Å². The van der Waals surface area contributed by atoms with Crippen molar-refractivity contribution in [2.45, 2.75) is 38.9 Å². The first-order valence-corrected chi connectivity index (χ1v) is 6.41. The van der Waals surface area contributed by atoms with Crippen molar-refractivity contribution in [1.82, 2.24) is 9.97 Å². The van der Waals surface area contributed by atoms with Crippen LogP contribution in [-0.4, -0.2) is 14.8 Å². The van der Waals surface area contributed by atoms with Crippen LogP contribution in [-0.2, 0) is 6.42 Å². The zero-order chi connectivity index (χ0) is 11.3. The Hall–Kier alpha value is -0.310. The minimum atomic E-state index is 0.438. The molecule has 0 radical (unpaired) electrons. The molecule has 1 N–H and O–H groups in total. The molecule has 1 fully saturated rings. The lowest BCUT2D eigenvalue weighted by atomic mass is 10.0. The Bertz CT molecular complexity index is 327. The summed E-state index contributed by atoms with van der Waals surface area (Å²) in [5.41, 5.74) is 0.877. The summed E-state index contributed by atoms with van der Waals surface area (Å²) in [6.45, 7) is 9.42. The number of nitrogens with one attached hydrogen (secondary N) is 1. The van der Waals surface area contributed by atoms with Crippen molar-refractivity contribution in [1.29, 1.82) is 0 Å². The summed E-state index contributed by atoms with van der Waals surface area (Å²) in [6.07, 6.45) is 4.70. The van der Waals surface area contributed by atoms with Crippen molar-refractivity contribution < 1.29 is 0 Å². The molecule has 84 valence electrons. The molecule has 1 aliphatic carbocycles. The van der Waals surface area contributed by atoms with E-state index < -0.39 is 0 Å². The number of imidazole rings is 1. The quantitative estimate of drug-likeness (QED) is 0.839. The molecule has 2 rings (SSSR count). The van der Waals surface area contributed by atoms with Crippen molar-refractivity contribution in [3.8, 4) is 0 Å². The maximum Gasteiger partial charge on any atom is 0.107 e. The van der Waals surface area contributed by atoms with Crippen molar-refractivity contribution in [3.63, 3.8) is 0 Å². The van der Waals surface area contributed by atoms with Crippen LogP contribution in [0.2, 0.25) is 0 Å². The summed E-state index contributed by atoms with van der Waals surface area (Å²) in [4.78, 5) is 7.96. The van der Waals surface area contributed by atoms with Gasteiger partial charge in [0.15, 0.2) is 0 Å². The van der Waals surface area contributed by atoms with Gasteiger partial charge in [0.05, 0.1) is 0 Å². The standard InChI is InChI=1S/C12H19BrN2/c1-11(2)10(12(11,3)4)8(13)7-9-14-5-6-15-9/h5-6,8,10H,7H2,1-4H3,(H,14,15). The number of alkyl halides is 1. The second kappa shape index (κ2) is 3.34. The lowest BCUT2D eigenvalue weighted by molar-refractivity contribution is 0.457. The summed E-state index contributed by atoms with van der Waals surface area (Å²) in [5.74, 6) is 1.81. The zero-order valence-electron chi connectivity index (χ0n) is 9.84. The van der Waals surface area contributed by atoms with Gasteiger partial charge in [-0.1, -0.05) is 43.6 Å². The van der Waals surface area contributed by atoms with Crippen molar-refractivity contribution in [2.75, 3.05) is 0 Å². The molecule has 3 heteroatoms. The Morgan fingerprint density at radius 3 is 2.40 bits per heavy atom. The lowest BCUT2D eigenvalue weighted by Crippen LogP contribution is -2.11. The van der Waals surface area contributed by atoms with Gasteiger partial charge in [-0.25, -0.2) is 4.98 Å². The Balaban J connectivity index is 2.02.